The van der Waals surface area contributed by atoms with Gasteiger partial charge in [-0.2, -0.15) is 0 Å². The summed E-state index contributed by atoms with van der Waals surface area (Å²) in [7, 11) is 0. The first-order valence-corrected chi connectivity index (χ1v) is 9.51. The molecule has 1 aliphatic heterocycles. The predicted octanol–water partition coefficient (Wildman–Crippen LogP) is 3.72. The standard InChI is InChI=1S/C22H24N4O2/c1-17(18-7-9-20(10-8-18)26-12-11-23-16-26)24-22(27)25-13-14-28-21(15-25)19-5-3-2-4-6-19/h2-12,16-17,21H,13-15H2,1H3,(H,24,27)/t17-,21-/m1/s1. The number of imidazole rings is 1. The molecule has 1 aromatic heterocycles. The van der Waals surface area contributed by atoms with Gasteiger partial charge in [-0.05, 0) is 30.2 Å². The Kier molecular flexibility index (Phi) is 5.39. The summed E-state index contributed by atoms with van der Waals surface area (Å²) in [4.78, 5) is 18.7. The normalized spacial score (nSPS) is 17.9. The third-order valence-corrected chi connectivity index (χ3v) is 5.06. The van der Waals surface area contributed by atoms with E-state index in [1.54, 1.807) is 12.5 Å². The zero-order chi connectivity index (χ0) is 19.3. The highest BCUT2D eigenvalue weighted by atomic mass is 16.5. The van der Waals surface area contributed by atoms with Crippen molar-refractivity contribution in [1.29, 1.82) is 0 Å². The zero-order valence-corrected chi connectivity index (χ0v) is 15.9. The van der Waals surface area contributed by atoms with E-state index in [-0.39, 0.29) is 18.2 Å². The summed E-state index contributed by atoms with van der Waals surface area (Å²) >= 11 is 0. The number of nitrogens with one attached hydrogen (secondary N) is 1. The summed E-state index contributed by atoms with van der Waals surface area (Å²) in [6, 6.07) is 18.0. The van der Waals surface area contributed by atoms with Gasteiger partial charge in [0, 0.05) is 24.6 Å². The summed E-state index contributed by atoms with van der Waals surface area (Å²) in [6.45, 7) is 3.70. The third-order valence-electron chi connectivity index (χ3n) is 5.06. The van der Waals surface area contributed by atoms with Gasteiger partial charge in [-0.3, -0.25) is 0 Å². The molecule has 0 radical (unpaired) electrons. The Balaban J connectivity index is 1.37. The van der Waals surface area contributed by atoms with Crippen molar-refractivity contribution in [3.63, 3.8) is 0 Å². The smallest absolute Gasteiger partial charge is 0.318 e. The number of hydrogen-bond donors (Lipinski definition) is 1. The first-order valence-electron chi connectivity index (χ1n) is 9.51. The Morgan fingerprint density at radius 3 is 2.68 bits per heavy atom. The lowest BCUT2D eigenvalue weighted by Gasteiger charge is -2.34. The minimum atomic E-state index is -0.0812. The van der Waals surface area contributed by atoms with E-state index in [0.717, 1.165) is 16.8 Å². The molecule has 6 heteroatoms. The van der Waals surface area contributed by atoms with Crippen LogP contribution in [0.1, 0.15) is 30.2 Å². The van der Waals surface area contributed by atoms with Gasteiger partial charge in [0.1, 0.15) is 6.10 Å². The number of hydrogen-bond acceptors (Lipinski definition) is 3. The van der Waals surface area contributed by atoms with Crippen molar-refractivity contribution in [2.75, 3.05) is 19.7 Å². The lowest BCUT2D eigenvalue weighted by atomic mass is 10.1. The van der Waals surface area contributed by atoms with E-state index >= 15 is 0 Å². The largest absolute Gasteiger partial charge is 0.370 e. The van der Waals surface area contributed by atoms with Gasteiger partial charge < -0.3 is 19.5 Å². The first-order chi connectivity index (χ1) is 13.7. The van der Waals surface area contributed by atoms with E-state index in [9.17, 15) is 4.79 Å². The van der Waals surface area contributed by atoms with E-state index in [1.807, 2.05) is 77.2 Å². The topological polar surface area (TPSA) is 59.4 Å². The fourth-order valence-corrected chi connectivity index (χ4v) is 3.41. The van der Waals surface area contributed by atoms with Gasteiger partial charge in [-0.1, -0.05) is 42.5 Å². The molecule has 1 N–H and O–H groups in total. The molecule has 1 aliphatic rings. The number of nitrogens with zero attached hydrogens (tertiary/aromatic N) is 3. The van der Waals surface area contributed by atoms with Crippen molar-refractivity contribution in [3.8, 4) is 5.69 Å². The Morgan fingerprint density at radius 2 is 1.96 bits per heavy atom. The number of ether oxygens (including phenoxy) is 1. The van der Waals surface area contributed by atoms with Crippen molar-refractivity contribution in [3.05, 3.63) is 84.4 Å². The Labute approximate surface area is 164 Å². The number of carbonyl (C=O) groups excluding carboxylic acids is 1. The highest BCUT2D eigenvalue weighted by Crippen LogP contribution is 2.22. The van der Waals surface area contributed by atoms with Crippen molar-refractivity contribution in [2.45, 2.75) is 19.1 Å². The van der Waals surface area contributed by atoms with Gasteiger partial charge in [-0.25, -0.2) is 9.78 Å². The summed E-state index contributed by atoms with van der Waals surface area (Å²) in [6.07, 6.45) is 5.34. The monoisotopic (exact) mass is 376 g/mol. The summed E-state index contributed by atoms with van der Waals surface area (Å²) in [5.74, 6) is 0. The number of benzene rings is 2. The molecule has 1 fully saturated rings. The lowest BCUT2D eigenvalue weighted by molar-refractivity contribution is -0.0157. The van der Waals surface area contributed by atoms with Crippen LogP contribution in [-0.2, 0) is 4.74 Å². The highest BCUT2D eigenvalue weighted by Gasteiger charge is 2.26. The van der Waals surface area contributed by atoms with Crippen LogP contribution in [0.3, 0.4) is 0 Å². The molecule has 2 aromatic carbocycles. The molecule has 2 atom stereocenters. The van der Waals surface area contributed by atoms with Crippen LogP contribution in [0.2, 0.25) is 0 Å². The third kappa shape index (κ3) is 4.07. The van der Waals surface area contributed by atoms with Crippen molar-refractivity contribution in [2.24, 2.45) is 0 Å². The highest BCUT2D eigenvalue weighted by molar-refractivity contribution is 5.75. The second-order valence-corrected chi connectivity index (χ2v) is 6.95. The van der Waals surface area contributed by atoms with Gasteiger partial charge in [0.25, 0.3) is 0 Å². The maximum Gasteiger partial charge on any atom is 0.318 e. The first kappa shape index (κ1) is 18.3. The number of rotatable bonds is 4. The molecule has 0 aliphatic carbocycles. The van der Waals surface area contributed by atoms with Gasteiger partial charge >= 0.3 is 6.03 Å². The quantitative estimate of drug-likeness (QED) is 0.755. The summed E-state index contributed by atoms with van der Waals surface area (Å²) in [5, 5.41) is 3.10. The molecule has 1 saturated heterocycles. The molecule has 0 unspecified atom stereocenters. The van der Waals surface area contributed by atoms with Gasteiger partial charge in [0.15, 0.2) is 0 Å². The van der Waals surface area contributed by atoms with Crippen LogP contribution in [0.4, 0.5) is 4.79 Å². The van der Waals surface area contributed by atoms with Gasteiger partial charge in [0.2, 0.25) is 0 Å². The van der Waals surface area contributed by atoms with E-state index in [0.29, 0.717) is 19.7 Å². The number of urea groups is 1. The van der Waals surface area contributed by atoms with E-state index < -0.39 is 0 Å². The fraction of sp³-hybridized carbons (Fsp3) is 0.273. The summed E-state index contributed by atoms with van der Waals surface area (Å²) in [5.41, 5.74) is 3.20. The van der Waals surface area contributed by atoms with Crippen LogP contribution in [-0.4, -0.2) is 40.2 Å². The lowest BCUT2D eigenvalue weighted by Crippen LogP contribution is -2.47. The number of amides is 2. The zero-order valence-electron chi connectivity index (χ0n) is 15.9. The minimum absolute atomic E-state index is 0.0598. The molecule has 28 heavy (non-hydrogen) atoms. The van der Waals surface area contributed by atoms with Gasteiger partial charge in [-0.15, -0.1) is 0 Å². The minimum Gasteiger partial charge on any atom is -0.370 e. The molecular weight excluding hydrogens is 352 g/mol. The average molecular weight is 376 g/mol. The second-order valence-electron chi connectivity index (χ2n) is 6.95. The number of aromatic nitrogens is 2. The van der Waals surface area contributed by atoms with Crippen molar-refractivity contribution in [1.82, 2.24) is 19.8 Å². The molecule has 6 nitrogen and oxygen atoms in total. The Hall–Kier alpha value is -3.12. The Bertz CT molecular complexity index is 894. The van der Waals surface area contributed by atoms with E-state index in [4.69, 9.17) is 4.74 Å². The molecular formula is C22H24N4O2. The Morgan fingerprint density at radius 1 is 1.18 bits per heavy atom. The van der Waals surface area contributed by atoms with E-state index in [2.05, 4.69) is 10.3 Å². The molecule has 2 amide bonds. The van der Waals surface area contributed by atoms with Gasteiger partial charge in [0.05, 0.1) is 25.5 Å². The maximum atomic E-state index is 12.8. The molecule has 3 aromatic rings. The number of carbonyl (C=O) groups is 1. The molecule has 0 spiro atoms. The maximum absolute atomic E-state index is 12.8. The molecule has 4 rings (SSSR count). The summed E-state index contributed by atoms with van der Waals surface area (Å²) < 4.78 is 7.80. The average Bonchev–Trinajstić information content (AvgIpc) is 3.29. The molecule has 2 heterocycles. The fourth-order valence-electron chi connectivity index (χ4n) is 3.41. The second kappa shape index (κ2) is 8.27. The van der Waals surface area contributed by atoms with Crippen LogP contribution in [0.25, 0.3) is 5.69 Å². The van der Waals surface area contributed by atoms with Crippen LogP contribution in [0, 0.1) is 0 Å². The van der Waals surface area contributed by atoms with Crippen LogP contribution in [0.15, 0.2) is 73.3 Å². The SMILES string of the molecule is C[C@@H](NC(=O)N1CCO[C@@H](c2ccccc2)C1)c1ccc(-n2ccnc2)cc1. The van der Waals surface area contributed by atoms with Crippen LogP contribution < -0.4 is 5.32 Å². The van der Waals surface area contributed by atoms with Crippen molar-refractivity contribution >= 4 is 6.03 Å². The molecule has 0 bridgehead atoms. The number of morpholine rings is 1. The molecule has 0 saturated carbocycles. The van der Waals surface area contributed by atoms with Crippen molar-refractivity contribution < 1.29 is 9.53 Å². The van der Waals surface area contributed by atoms with E-state index in [1.165, 1.54) is 0 Å². The van der Waals surface area contributed by atoms with Crippen LogP contribution in [0.5, 0.6) is 0 Å². The van der Waals surface area contributed by atoms with Crippen LogP contribution >= 0.6 is 0 Å². The predicted molar refractivity (Wildman–Crippen MR) is 107 cm³/mol. The molecule has 144 valence electrons.